The molecule has 40 heavy (non-hydrogen) atoms. The van der Waals surface area contributed by atoms with Gasteiger partial charge in [0.15, 0.2) is 0 Å². The molecule has 0 radical (unpaired) electrons. The van der Waals surface area contributed by atoms with Crippen molar-refractivity contribution in [1.82, 2.24) is 0 Å². The maximum atomic E-state index is 11.9. The second kappa shape index (κ2) is 18.1. The van der Waals surface area contributed by atoms with Crippen LogP contribution in [0.25, 0.3) is 16.9 Å². The largest absolute Gasteiger partial charge is 0.493 e. The van der Waals surface area contributed by atoms with Crippen molar-refractivity contribution in [3.05, 3.63) is 87.5 Å². The summed E-state index contributed by atoms with van der Waals surface area (Å²) >= 11 is 0. The molecule has 0 bridgehead atoms. The maximum Gasteiger partial charge on any atom is 0.211 e. The number of unbranched alkanes of at least 4 members (excludes halogenated alkanes) is 10. The van der Waals surface area contributed by atoms with E-state index >= 15 is 0 Å². The Labute approximate surface area is 246 Å². The molecule has 0 saturated carbocycles. The molecule has 3 rings (SSSR count). The summed E-state index contributed by atoms with van der Waals surface area (Å²) in [6.45, 7) is 9.08. The molecule has 0 aromatic heterocycles. The molecular weight excluding hydrogens is 484 g/mol. The lowest BCUT2D eigenvalue weighted by Crippen LogP contribution is -2.03. The van der Waals surface area contributed by atoms with Crippen LogP contribution in [0, 0.1) is 0 Å². The first kappa shape index (κ1) is 32.0. The fraction of sp³-hybridized carbons (Fsp3) is 0.579. The minimum absolute atomic E-state index is 1.02. The maximum absolute atomic E-state index is 11.9. The van der Waals surface area contributed by atoms with E-state index in [0.717, 1.165) is 61.0 Å². The number of nitrogens with zero attached hydrogens (tertiary/aromatic N) is 2. The molecule has 1 aliphatic rings. The molecule has 0 amide bonds. The zero-order chi connectivity index (χ0) is 28.6. The van der Waals surface area contributed by atoms with Gasteiger partial charge in [-0.25, -0.2) is 4.70 Å². The van der Waals surface area contributed by atoms with Gasteiger partial charge in [-0.15, -0.1) is 0 Å². The lowest BCUT2D eigenvalue weighted by Gasteiger charge is -2.11. The predicted octanol–water partition coefficient (Wildman–Crippen LogP) is 12.3. The van der Waals surface area contributed by atoms with Gasteiger partial charge in [0, 0.05) is 22.3 Å². The van der Waals surface area contributed by atoms with Crippen molar-refractivity contribution < 1.29 is 4.70 Å². The van der Waals surface area contributed by atoms with Crippen LogP contribution in [0.5, 0.6) is 0 Å². The summed E-state index contributed by atoms with van der Waals surface area (Å²) in [5, 5.41) is 0. The predicted molar refractivity (Wildman–Crippen MR) is 174 cm³/mol. The highest BCUT2D eigenvalue weighted by atomic mass is 15.2. The number of hydrogen-bond acceptors (Lipinski definition) is 0. The van der Waals surface area contributed by atoms with Gasteiger partial charge in [0.05, 0.1) is 0 Å². The van der Waals surface area contributed by atoms with Gasteiger partial charge in [-0.3, -0.25) is 0 Å². The third-order valence-corrected chi connectivity index (χ3v) is 8.49. The van der Waals surface area contributed by atoms with Crippen LogP contribution in [0.4, 0.5) is 0 Å². The zero-order valence-corrected chi connectivity index (χ0v) is 26.2. The summed E-state index contributed by atoms with van der Waals surface area (Å²) in [7, 11) is 0. The Bertz CT molecular complexity index is 1100. The van der Waals surface area contributed by atoms with Crippen molar-refractivity contribution in [2.24, 2.45) is 0 Å². The Morgan fingerprint density at radius 2 is 0.975 bits per heavy atom. The molecule has 1 aliphatic heterocycles. The molecule has 0 unspecified atom stereocenters. The zero-order valence-electron chi connectivity index (χ0n) is 26.2. The molecule has 0 saturated heterocycles. The van der Waals surface area contributed by atoms with Crippen molar-refractivity contribution in [1.29, 1.82) is 0 Å². The van der Waals surface area contributed by atoms with Gasteiger partial charge >= 0.3 is 0 Å². The minimum atomic E-state index is 1.02. The second-order valence-corrected chi connectivity index (χ2v) is 11.9. The second-order valence-electron chi connectivity index (χ2n) is 11.9. The minimum Gasteiger partial charge on any atom is -0.493 e. The first-order valence-electron chi connectivity index (χ1n) is 16.8. The first-order chi connectivity index (χ1) is 19.6. The van der Waals surface area contributed by atoms with E-state index in [2.05, 4.69) is 76.2 Å². The molecule has 2 aromatic rings. The first-order valence-corrected chi connectivity index (χ1v) is 16.8. The highest BCUT2D eigenvalue weighted by molar-refractivity contribution is 5.82. The van der Waals surface area contributed by atoms with Crippen molar-refractivity contribution in [3.8, 4) is 0 Å². The third-order valence-electron chi connectivity index (χ3n) is 8.49. The summed E-state index contributed by atoms with van der Waals surface area (Å²) in [6, 6.07) is 18.0. The molecule has 2 nitrogen and oxygen atoms in total. The lowest BCUT2D eigenvalue weighted by atomic mass is 9.91. The number of rotatable bonds is 20. The van der Waals surface area contributed by atoms with Crippen molar-refractivity contribution >= 4 is 11.4 Å². The van der Waals surface area contributed by atoms with Crippen LogP contribution in [0.2, 0.25) is 0 Å². The van der Waals surface area contributed by atoms with Gasteiger partial charge in [-0.05, 0) is 86.8 Å². The van der Waals surface area contributed by atoms with Gasteiger partial charge in [0.25, 0.3) is 0 Å². The van der Waals surface area contributed by atoms with E-state index in [1.54, 1.807) is 4.70 Å². The van der Waals surface area contributed by atoms with E-state index in [-0.39, 0.29) is 0 Å². The van der Waals surface area contributed by atoms with E-state index < -0.39 is 0 Å². The number of allylic oxidation sites excluding steroid dienone is 2. The van der Waals surface area contributed by atoms with Crippen LogP contribution in [0.1, 0.15) is 153 Å². The molecule has 0 atom stereocenters. The van der Waals surface area contributed by atoms with Crippen LogP contribution in [0.15, 0.2) is 59.7 Å². The molecule has 0 aliphatic carbocycles. The SMILES string of the molecule is CCCCCCCCC1=C(c2ccc(CCCC)cc2)[N+](=[N-])C(c2cccc(CCCCCC)c2)=C1CCCC. The smallest absolute Gasteiger partial charge is 0.211 e. The quantitative estimate of drug-likeness (QED) is 0.118. The molecule has 0 spiro atoms. The van der Waals surface area contributed by atoms with E-state index in [1.807, 2.05) is 0 Å². The van der Waals surface area contributed by atoms with Crippen LogP contribution in [0.3, 0.4) is 0 Å². The molecular formula is C38H56N2. The van der Waals surface area contributed by atoms with Gasteiger partial charge in [-0.2, -0.15) is 0 Å². The van der Waals surface area contributed by atoms with E-state index in [9.17, 15) is 5.53 Å². The Balaban J connectivity index is 1.96. The molecule has 218 valence electrons. The Morgan fingerprint density at radius 1 is 0.475 bits per heavy atom. The van der Waals surface area contributed by atoms with Crippen molar-refractivity contribution in [3.63, 3.8) is 0 Å². The van der Waals surface area contributed by atoms with Crippen molar-refractivity contribution in [2.75, 3.05) is 0 Å². The van der Waals surface area contributed by atoms with Crippen LogP contribution in [-0.2, 0) is 12.8 Å². The van der Waals surface area contributed by atoms with E-state index in [4.69, 9.17) is 0 Å². The molecule has 1 heterocycles. The molecule has 0 fully saturated rings. The fourth-order valence-electron chi connectivity index (χ4n) is 6.06. The summed E-state index contributed by atoms with van der Waals surface area (Å²) in [6.07, 6.45) is 21.9. The lowest BCUT2D eigenvalue weighted by molar-refractivity contribution is -0.345. The topological polar surface area (TPSA) is 25.3 Å². The Morgan fingerprint density at radius 3 is 1.65 bits per heavy atom. The van der Waals surface area contributed by atoms with Crippen LogP contribution in [-0.4, -0.2) is 4.70 Å². The molecule has 2 heteroatoms. The highest BCUT2D eigenvalue weighted by Gasteiger charge is 2.35. The Hall–Kier alpha value is -2.48. The normalized spacial score (nSPS) is 13.7. The third kappa shape index (κ3) is 9.28. The number of aryl methyl sites for hydroxylation is 2. The van der Waals surface area contributed by atoms with E-state index in [0.29, 0.717) is 0 Å². The summed E-state index contributed by atoms with van der Waals surface area (Å²) in [5.41, 5.74) is 21.8. The average Bonchev–Trinajstić information content (AvgIpc) is 3.25. The number of benzene rings is 2. The van der Waals surface area contributed by atoms with E-state index in [1.165, 1.54) is 99.3 Å². The molecule has 0 N–H and O–H groups in total. The Kier molecular flexibility index (Phi) is 14.5. The standard InChI is InChI=1S/C38H56N2/c1-5-9-13-15-16-18-25-36-35(24-12-8-4)38(34-23-19-22-32(30-34)21-17-14-10-6-2)40(39)37(36)33-28-26-31(27-29-33)20-11-7-3/h19,22-23,26-30H,5-18,20-21,24-25H2,1-4H3. The van der Waals surface area contributed by atoms with Gasteiger partial charge in [0.1, 0.15) is 0 Å². The monoisotopic (exact) mass is 540 g/mol. The van der Waals surface area contributed by atoms with Crippen LogP contribution < -0.4 is 0 Å². The van der Waals surface area contributed by atoms with Gasteiger partial charge in [0.2, 0.25) is 11.4 Å². The molecule has 2 aromatic carbocycles. The number of hydrogen-bond donors (Lipinski definition) is 0. The van der Waals surface area contributed by atoms with Gasteiger partial charge < -0.3 is 5.53 Å². The average molecular weight is 541 g/mol. The fourth-order valence-corrected chi connectivity index (χ4v) is 6.06. The summed E-state index contributed by atoms with van der Waals surface area (Å²) < 4.78 is 1.56. The van der Waals surface area contributed by atoms with Crippen LogP contribution >= 0.6 is 0 Å². The van der Waals surface area contributed by atoms with Gasteiger partial charge in [-0.1, -0.05) is 116 Å². The summed E-state index contributed by atoms with van der Waals surface area (Å²) in [4.78, 5) is 0. The van der Waals surface area contributed by atoms with Crippen molar-refractivity contribution in [2.45, 2.75) is 143 Å². The highest BCUT2D eigenvalue weighted by Crippen LogP contribution is 2.44. The summed E-state index contributed by atoms with van der Waals surface area (Å²) in [5.74, 6) is 0.